The minimum atomic E-state index is -0.453. The van der Waals surface area contributed by atoms with E-state index >= 15 is 0 Å². The second-order valence-electron chi connectivity index (χ2n) is 8.08. The number of hydrogen-bond acceptors (Lipinski definition) is 4. The molecule has 0 bridgehead atoms. The van der Waals surface area contributed by atoms with Crippen LogP contribution in [0.25, 0.3) is 17.0 Å². The third kappa shape index (κ3) is 6.47. The number of carbonyl (C=O) groups is 1. The lowest BCUT2D eigenvalue weighted by Crippen LogP contribution is -2.26. The third-order valence-corrected chi connectivity index (χ3v) is 6.97. The van der Waals surface area contributed by atoms with Gasteiger partial charge in [-0.1, -0.05) is 63.4 Å². The van der Waals surface area contributed by atoms with E-state index < -0.39 is 5.91 Å². The van der Waals surface area contributed by atoms with Crippen molar-refractivity contribution < 1.29 is 14.3 Å². The second kappa shape index (κ2) is 12.2. The predicted molar refractivity (Wildman–Crippen MR) is 150 cm³/mol. The Morgan fingerprint density at radius 3 is 2.70 bits per heavy atom. The highest BCUT2D eigenvalue weighted by atomic mass is 79.9. The van der Waals surface area contributed by atoms with Gasteiger partial charge in [0.05, 0.1) is 7.11 Å². The van der Waals surface area contributed by atoms with Gasteiger partial charge < -0.3 is 19.8 Å². The molecule has 6 nitrogen and oxygen atoms in total. The summed E-state index contributed by atoms with van der Waals surface area (Å²) in [6.07, 6.45) is 4.08. The molecule has 9 heteroatoms. The van der Waals surface area contributed by atoms with Crippen LogP contribution < -0.4 is 14.8 Å². The van der Waals surface area contributed by atoms with Crippen LogP contribution in [0.2, 0.25) is 10.0 Å². The molecule has 1 heterocycles. The molecule has 1 amide bonds. The number of hydrogen-bond donors (Lipinski definition) is 2. The van der Waals surface area contributed by atoms with Crippen LogP contribution >= 0.6 is 39.1 Å². The lowest BCUT2D eigenvalue weighted by molar-refractivity contribution is -0.117. The SMILES string of the molecule is COc1cc(/C=C(/C#N)C(=O)NCCc2c[nH]c3ccccc23)c(Br)cc1OCc1ccc(Cl)cc1Cl. The molecule has 37 heavy (non-hydrogen) atoms. The van der Waals surface area contributed by atoms with Gasteiger partial charge in [-0.3, -0.25) is 4.79 Å². The normalized spacial score (nSPS) is 11.3. The van der Waals surface area contributed by atoms with Crippen molar-refractivity contribution >= 4 is 62.0 Å². The fourth-order valence-electron chi connectivity index (χ4n) is 3.78. The van der Waals surface area contributed by atoms with E-state index in [9.17, 15) is 10.1 Å². The first-order chi connectivity index (χ1) is 17.9. The molecule has 188 valence electrons. The van der Waals surface area contributed by atoms with Gasteiger partial charge >= 0.3 is 0 Å². The Morgan fingerprint density at radius 2 is 1.95 bits per heavy atom. The molecule has 4 rings (SSSR count). The number of fused-ring (bicyclic) bond motifs is 1. The molecule has 4 aromatic rings. The van der Waals surface area contributed by atoms with Gasteiger partial charge in [0, 0.05) is 43.7 Å². The molecular weight excluding hydrogens is 577 g/mol. The van der Waals surface area contributed by atoms with Crippen molar-refractivity contribution in [3.8, 4) is 17.6 Å². The molecule has 0 radical (unpaired) electrons. The van der Waals surface area contributed by atoms with E-state index in [0.29, 0.717) is 44.5 Å². The summed E-state index contributed by atoms with van der Waals surface area (Å²) in [6.45, 7) is 0.598. The number of nitrogens with one attached hydrogen (secondary N) is 2. The number of carbonyl (C=O) groups excluding carboxylic acids is 1. The van der Waals surface area contributed by atoms with Crippen LogP contribution in [-0.4, -0.2) is 24.5 Å². The summed E-state index contributed by atoms with van der Waals surface area (Å²) in [7, 11) is 1.52. The molecule has 2 N–H and O–H groups in total. The summed E-state index contributed by atoms with van der Waals surface area (Å²) in [5.41, 5.74) is 3.48. The van der Waals surface area contributed by atoms with Gasteiger partial charge in [0.25, 0.3) is 5.91 Å². The van der Waals surface area contributed by atoms with Crippen LogP contribution in [0.4, 0.5) is 0 Å². The van der Waals surface area contributed by atoms with Crippen molar-refractivity contribution in [2.75, 3.05) is 13.7 Å². The minimum absolute atomic E-state index is 0.0247. The van der Waals surface area contributed by atoms with Crippen LogP contribution in [0.5, 0.6) is 11.5 Å². The third-order valence-electron chi connectivity index (χ3n) is 5.70. The maximum Gasteiger partial charge on any atom is 0.261 e. The average molecular weight is 599 g/mol. The van der Waals surface area contributed by atoms with E-state index in [1.165, 1.54) is 13.2 Å². The number of methoxy groups -OCH3 is 1. The number of nitrogens with zero attached hydrogens (tertiary/aromatic N) is 1. The fourth-order valence-corrected chi connectivity index (χ4v) is 4.68. The van der Waals surface area contributed by atoms with E-state index in [4.69, 9.17) is 32.7 Å². The summed E-state index contributed by atoms with van der Waals surface area (Å²) in [4.78, 5) is 15.9. The van der Waals surface area contributed by atoms with Crippen LogP contribution in [0.1, 0.15) is 16.7 Å². The molecule has 0 atom stereocenters. The minimum Gasteiger partial charge on any atom is -0.493 e. The summed E-state index contributed by atoms with van der Waals surface area (Å²) in [5, 5.41) is 14.6. The van der Waals surface area contributed by atoms with Gasteiger partial charge in [0.2, 0.25) is 0 Å². The highest BCUT2D eigenvalue weighted by Gasteiger charge is 2.14. The standard InChI is InChI=1S/C28H22BrCl2N3O3/c1-36-26-11-19(23(29)13-27(26)37-16-18-6-7-21(30)12-24(18)31)10-20(14-32)28(35)33-9-8-17-15-34-25-5-3-2-4-22(17)25/h2-7,10-13,15,34H,8-9,16H2,1H3,(H,33,35)/b20-10-. The van der Waals surface area contributed by atoms with Crippen LogP contribution in [0.15, 0.2) is 70.8 Å². The molecule has 0 aliphatic rings. The molecule has 0 fully saturated rings. The smallest absolute Gasteiger partial charge is 0.261 e. The number of H-pyrrole nitrogens is 1. The molecule has 0 spiro atoms. The first-order valence-corrected chi connectivity index (χ1v) is 12.8. The zero-order valence-corrected chi connectivity index (χ0v) is 22.9. The predicted octanol–water partition coefficient (Wildman–Crippen LogP) is 7.09. The van der Waals surface area contributed by atoms with Gasteiger partial charge in [0.15, 0.2) is 11.5 Å². The monoisotopic (exact) mass is 597 g/mol. The van der Waals surface area contributed by atoms with Crippen molar-refractivity contribution in [2.45, 2.75) is 13.0 Å². The Morgan fingerprint density at radius 1 is 1.14 bits per heavy atom. The summed E-state index contributed by atoms with van der Waals surface area (Å²) in [6, 6.07) is 18.6. The van der Waals surface area contributed by atoms with Gasteiger partial charge in [-0.25, -0.2) is 0 Å². The lowest BCUT2D eigenvalue weighted by Gasteiger charge is -2.14. The van der Waals surface area contributed by atoms with Gasteiger partial charge in [-0.2, -0.15) is 5.26 Å². The topological polar surface area (TPSA) is 87.1 Å². The molecular formula is C28H22BrCl2N3O3. The Labute approximate surface area is 232 Å². The molecule has 0 aliphatic carbocycles. The number of halogens is 3. The number of para-hydroxylation sites is 1. The summed E-state index contributed by atoms with van der Waals surface area (Å²) in [5.74, 6) is 0.460. The number of rotatable bonds is 9. The average Bonchev–Trinajstić information content (AvgIpc) is 3.30. The highest BCUT2D eigenvalue weighted by molar-refractivity contribution is 9.10. The van der Waals surface area contributed by atoms with E-state index in [2.05, 4.69) is 26.2 Å². The fraction of sp³-hybridized carbons (Fsp3) is 0.143. The number of aromatic amines is 1. The van der Waals surface area contributed by atoms with Crippen LogP contribution in [0.3, 0.4) is 0 Å². The van der Waals surface area contributed by atoms with E-state index in [1.54, 1.807) is 30.3 Å². The van der Waals surface area contributed by atoms with E-state index in [1.807, 2.05) is 36.5 Å². The van der Waals surface area contributed by atoms with Crippen molar-refractivity contribution in [1.29, 1.82) is 5.26 Å². The maximum atomic E-state index is 12.7. The van der Waals surface area contributed by atoms with Crippen molar-refractivity contribution in [1.82, 2.24) is 10.3 Å². The van der Waals surface area contributed by atoms with E-state index in [0.717, 1.165) is 22.0 Å². The number of benzene rings is 3. The molecule has 0 saturated carbocycles. The van der Waals surface area contributed by atoms with Crippen LogP contribution in [0, 0.1) is 11.3 Å². The zero-order chi connectivity index (χ0) is 26.4. The first-order valence-electron chi connectivity index (χ1n) is 11.3. The van der Waals surface area contributed by atoms with Crippen molar-refractivity contribution in [3.63, 3.8) is 0 Å². The molecule has 1 aromatic heterocycles. The Hall–Kier alpha value is -3.44. The Balaban J connectivity index is 1.44. The number of amides is 1. The summed E-state index contributed by atoms with van der Waals surface area (Å²) >= 11 is 15.7. The Bertz CT molecular complexity index is 1530. The number of nitriles is 1. The van der Waals surface area contributed by atoms with Crippen LogP contribution in [-0.2, 0) is 17.8 Å². The van der Waals surface area contributed by atoms with E-state index in [-0.39, 0.29) is 12.2 Å². The molecule has 3 aromatic carbocycles. The van der Waals surface area contributed by atoms with Gasteiger partial charge in [-0.05, 0) is 54.0 Å². The zero-order valence-electron chi connectivity index (χ0n) is 19.8. The first kappa shape index (κ1) is 26.6. The molecule has 0 unspecified atom stereocenters. The number of ether oxygens (including phenoxy) is 2. The van der Waals surface area contributed by atoms with Crippen molar-refractivity contribution in [3.05, 3.63) is 97.6 Å². The summed E-state index contributed by atoms with van der Waals surface area (Å²) < 4.78 is 12.0. The lowest BCUT2D eigenvalue weighted by atomic mass is 10.1. The second-order valence-corrected chi connectivity index (χ2v) is 9.78. The molecule has 0 aliphatic heterocycles. The molecule has 0 saturated heterocycles. The van der Waals surface area contributed by atoms with Gasteiger partial charge in [-0.15, -0.1) is 0 Å². The quantitative estimate of drug-likeness (QED) is 0.159. The van der Waals surface area contributed by atoms with Crippen molar-refractivity contribution in [2.24, 2.45) is 0 Å². The highest BCUT2D eigenvalue weighted by Crippen LogP contribution is 2.35. The van der Waals surface area contributed by atoms with Gasteiger partial charge in [0.1, 0.15) is 18.2 Å². The largest absolute Gasteiger partial charge is 0.493 e. The maximum absolute atomic E-state index is 12.7. The number of aromatic nitrogens is 1. The Kier molecular flexibility index (Phi) is 8.78.